The third-order valence-corrected chi connectivity index (χ3v) is 3.94. The Bertz CT molecular complexity index is 516. The Morgan fingerprint density at radius 1 is 1.27 bits per heavy atom. The van der Waals surface area contributed by atoms with Crippen LogP contribution >= 0.6 is 0 Å². The molecule has 1 saturated heterocycles. The van der Waals surface area contributed by atoms with E-state index in [4.69, 9.17) is 0 Å². The van der Waals surface area contributed by atoms with Crippen LogP contribution in [-0.4, -0.2) is 43.0 Å². The zero-order valence-electron chi connectivity index (χ0n) is 13.6. The van der Waals surface area contributed by atoms with Gasteiger partial charge in [-0.15, -0.1) is 0 Å². The summed E-state index contributed by atoms with van der Waals surface area (Å²) >= 11 is 0. The molecule has 1 fully saturated rings. The highest BCUT2D eigenvalue weighted by Crippen LogP contribution is 2.21. The molecular weight excluding hydrogens is 278 g/mol. The first kappa shape index (κ1) is 16.3. The molecule has 1 atom stereocenters. The molecular formula is C17H25N3O2. The van der Waals surface area contributed by atoms with Crippen LogP contribution in [0.15, 0.2) is 30.3 Å². The summed E-state index contributed by atoms with van der Waals surface area (Å²) in [6.45, 7) is 5.09. The lowest BCUT2D eigenvalue weighted by molar-refractivity contribution is -0.123. The van der Waals surface area contributed by atoms with E-state index in [-0.39, 0.29) is 23.9 Å². The van der Waals surface area contributed by atoms with Gasteiger partial charge in [-0.05, 0) is 38.8 Å². The summed E-state index contributed by atoms with van der Waals surface area (Å²) in [5.41, 5.74) is 0.885. The number of amides is 3. The molecule has 5 heteroatoms. The molecule has 1 aliphatic heterocycles. The van der Waals surface area contributed by atoms with Crippen molar-refractivity contribution in [2.45, 2.75) is 32.7 Å². The summed E-state index contributed by atoms with van der Waals surface area (Å²) in [6, 6.07) is 9.64. The van der Waals surface area contributed by atoms with Crippen LogP contribution in [0.3, 0.4) is 0 Å². The molecule has 0 radical (unpaired) electrons. The Hall–Kier alpha value is -2.04. The molecule has 0 saturated carbocycles. The maximum atomic E-state index is 12.7. The van der Waals surface area contributed by atoms with E-state index in [1.165, 1.54) is 0 Å². The second kappa shape index (κ2) is 7.29. The molecule has 2 rings (SSSR count). The fourth-order valence-corrected chi connectivity index (χ4v) is 2.75. The smallest absolute Gasteiger partial charge is 0.317 e. The minimum atomic E-state index is -0.128. The van der Waals surface area contributed by atoms with Crippen molar-refractivity contribution in [3.8, 4) is 0 Å². The van der Waals surface area contributed by atoms with E-state index in [1.54, 1.807) is 16.8 Å². The van der Waals surface area contributed by atoms with E-state index in [9.17, 15) is 9.59 Å². The number of hydrogen-bond acceptors (Lipinski definition) is 2. The van der Waals surface area contributed by atoms with Crippen molar-refractivity contribution in [3.05, 3.63) is 30.3 Å². The lowest BCUT2D eigenvalue weighted by Gasteiger charge is -2.34. The van der Waals surface area contributed by atoms with Crippen molar-refractivity contribution in [2.24, 2.45) is 5.92 Å². The van der Waals surface area contributed by atoms with Crippen LogP contribution in [0.5, 0.6) is 0 Å². The predicted octanol–water partition coefficient (Wildman–Crippen LogP) is 2.48. The van der Waals surface area contributed by atoms with Gasteiger partial charge in [-0.1, -0.05) is 18.2 Å². The highest BCUT2D eigenvalue weighted by Gasteiger charge is 2.30. The number of benzene rings is 1. The third kappa shape index (κ3) is 4.00. The number of likely N-dealkylation sites (tertiary alicyclic amines) is 1. The SMILES string of the molecule is CC(C)NC(=O)N1CCC[C@H](C(=O)N(C)c2ccccc2)C1. The fourth-order valence-electron chi connectivity index (χ4n) is 2.75. The van der Waals surface area contributed by atoms with E-state index in [0.29, 0.717) is 6.54 Å². The standard InChI is InChI=1S/C17H25N3O2/c1-13(2)18-17(22)20-11-7-8-14(12-20)16(21)19(3)15-9-5-4-6-10-15/h4-6,9-10,13-14H,7-8,11-12H2,1-3H3,(H,18,22)/t14-/m0/s1. The van der Waals surface area contributed by atoms with Gasteiger partial charge in [0.2, 0.25) is 5.91 Å². The number of piperidine rings is 1. The first-order valence-corrected chi connectivity index (χ1v) is 7.87. The number of hydrogen-bond donors (Lipinski definition) is 1. The normalized spacial score (nSPS) is 18.2. The molecule has 0 aliphatic carbocycles. The van der Waals surface area contributed by atoms with Gasteiger partial charge in [-0.2, -0.15) is 0 Å². The fraction of sp³-hybridized carbons (Fsp3) is 0.529. The second-order valence-corrected chi connectivity index (χ2v) is 6.12. The van der Waals surface area contributed by atoms with Crippen LogP contribution in [0.2, 0.25) is 0 Å². The maximum absolute atomic E-state index is 12.7. The molecule has 1 aromatic carbocycles. The number of carbonyl (C=O) groups is 2. The van der Waals surface area contributed by atoms with E-state index in [2.05, 4.69) is 5.32 Å². The summed E-state index contributed by atoms with van der Waals surface area (Å²) in [5, 5.41) is 2.89. The van der Waals surface area contributed by atoms with Crippen molar-refractivity contribution >= 4 is 17.6 Å². The molecule has 1 N–H and O–H groups in total. The largest absolute Gasteiger partial charge is 0.336 e. The quantitative estimate of drug-likeness (QED) is 0.932. The highest BCUT2D eigenvalue weighted by atomic mass is 16.2. The third-order valence-electron chi connectivity index (χ3n) is 3.94. The highest BCUT2D eigenvalue weighted by molar-refractivity contribution is 5.95. The van der Waals surface area contributed by atoms with Gasteiger partial charge < -0.3 is 15.1 Å². The predicted molar refractivity (Wildman–Crippen MR) is 87.8 cm³/mol. The molecule has 1 aliphatic rings. The summed E-state index contributed by atoms with van der Waals surface area (Å²) in [5.74, 6) is -0.0508. The molecule has 1 aromatic rings. The van der Waals surface area contributed by atoms with Gasteiger partial charge in [0.15, 0.2) is 0 Å². The van der Waals surface area contributed by atoms with Gasteiger partial charge in [0, 0.05) is 31.9 Å². The number of rotatable bonds is 3. The van der Waals surface area contributed by atoms with Gasteiger partial charge in [-0.25, -0.2) is 4.79 Å². The summed E-state index contributed by atoms with van der Waals surface area (Å²) in [6.07, 6.45) is 1.70. The number of urea groups is 1. The number of anilines is 1. The van der Waals surface area contributed by atoms with Gasteiger partial charge in [0.25, 0.3) is 0 Å². The molecule has 0 unspecified atom stereocenters. The first-order valence-electron chi connectivity index (χ1n) is 7.87. The van der Waals surface area contributed by atoms with Crippen LogP contribution in [0.25, 0.3) is 0 Å². The van der Waals surface area contributed by atoms with Crippen molar-refractivity contribution in [1.82, 2.24) is 10.2 Å². The van der Waals surface area contributed by atoms with E-state index >= 15 is 0 Å². The Kier molecular flexibility index (Phi) is 5.41. The van der Waals surface area contributed by atoms with E-state index in [1.807, 2.05) is 44.2 Å². The Morgan fingerprint density at radius 2 is 1.95 bits per heavy atom. The molecule has 1 heterocycles. The minimum absolute atomic E-state index is 0.0742. The molecule has 3 amide bonds. The van der Waals surface area contributed by atoms with Gasteiger partial charge in [0.1, 0.15) is 0 Å². The van der Waals surface area contributed by atoms with Crippen molar-refractivity contribution in [3.63, 3.8) is 0 Å². The van der Waals surface area contributed by atoms with E-state index < -0.39 is 0 Å². The van der Waals surface area contributed by atoms with Crippen molar-refractivity contribution < 1.29 is 9.59 Å². The minimum Gasteiger partial charge on any atom is -0.336 e. The Labute approximate surface area is 132 Å². The molecule has 22 heavy (non-hydrogen) atoms. The maximum Gasteiger partial charge on any atom is 0.317 e. The lowest BCUT2D eigenvalue weighted by Crippen LogP contribution is -2.50. The van der Waals surface area contributed by atoms with Crippen LogP contribution in [0, 0.1) is 5.92 Å². The molecule has 120 valence electrons. The zero-order valence-corrected chi connectivity index (χ0v) is 13.6. The summed E-state index contributed by atoms with van der Waals surface area (Å²) < 4.78 is 0. The Morgan fingerprint density at radius 3 is 2.59 bits per heavy atom. The number of para-hydroxylation sites is 1. The summed E-state index contributed by atoms with van der Waals surface area (Å²) in [4.78, 5) is 28.2. The van der Waals surface area contributed by atoms with Crippen LogP contribution in [0.4, 0.5) is 10.5 Å². The van der Waals surface area contributed by atoms with Gasteiger partial charge >= 0.3 is 6.03 Å². The zero-order chi connectivity index (χ0) is 16.1. The van der Waals surface area contributed by atoms with Gasteiger partial charge in [-0.3, -0.25) is 4.79 Å². The molecule has 0 spiro atoms. The molecule has 0 bridgehead atoms. The van der Waals surface area contributed by atoms with Gasteiger partial charge in [0.05, 0.1) is 5.92 Å². The Balaban J connectivity index is 1.99. The number of carbonyl (C=O) groups excluding carboxylic acids is 2. The molecule has 0 aromatic heterocycles. The van der Waals surface area contributed by atoms with Crippen molar-refractivity contribution in [1.29, 1.82) is 0 Å². The van der Waals surface area contributed by atoms with Crippen molar-refractivity contribution in [2.75, 3.05) is 25.0 Å². The monoisotopic (exact) mass is 303 g/mol. The van der Waals surface area contributed by atoms with Crippen LogP contribution < -0.4 is 10.2 Å². The topological polar surface area (TPSA) is 52.7 Å². The van der Waals surface area contributed by atoms with Crippen LogP contribution in [-0.2, 0) is 4.79 Å². The average molecular weight is 303 g/mol. The number of nitrogens with zero attached hydrogens (tertiary/aromatic N) is 2. The van der Waals surface area contributed by atoms with E-state index in [0.717, 1.165) is 25.1 Å². The second-order valence-electron chi connectivity index (χ2n) is 6.12. The lowest BCUT2D eigenvalue weighted by atomic mass is 9.96. The molecule has 5 nitrogen and oxygen atoms in total. The first-order chi connectivity index (χ1) is 10.5. The van der Waals surface area contributed by atoms with Crippen LogP contribution in [0.1, 0.15) is 26.7 Å². The average Bonchev–Trinajstić information content (AvgIpc) is 2.54. The number of nitrogens with one attached hydrogen (secondary N) is 1. The summed E-state index contributed by atoms with van der Waals surface area (Å²) in [7, 11) is 1.80.